The Morgan fingerprint density at radius 2 is 1.75 bits per heavy atom. The number of aromatic nitrogens is 2. The first-order valence-corrected chi connectivity index (χ1v) is 10.6. The zero-order chi connectivity index (χ0) is 26.8. The van der Waals surface area contributed by atoms with Gasteiger partial charge in [0.05, 0.1) is 17.2 Å². The number of hydrogen-bond donors (Lipinski definition) is 2. The fourth-order valence-electron chi connectivity index (χ4n) is 3.39. The van der Waals surface area contributed by atoms with Crippen LogP contribution >= 0.6 is 0 Å². The highest BCUT2D eigenvalue weighted by atomic mass is 19.3. The molecule has 0 saturated carbocycles. The summed E-state index contributed by atoms with van der Waals surface area (Å²) in [6, 6.07) is 7.83. The molecule has 2 N–H and O–H groups in total. The minimum absolute atomic E-state index is 0.275. The first-order chi connectivity index (χ1) is 16.9. The van der Waals surface area contributed by atoms with Crippen LogP contribution in [-0.4, -0.2) is 52.3 Å². The zero-order valence-corrected chi connectivity index (χ0v) is 19.4. The predicted octanol–water partition coefficient (Wildman–Crippen LogP) is 2.79. The summed E-state index contributed by atoms with van der Waals surface area (Å²) < 4.78 is 58.1. The fourth-order valence-corrected chi connectivity index (χ4v) is 3.39. The van der Waals surface area contributed by atoms with E-state index in [1.165, 1.54) is 45.3 Å². The van der Waals surface area contributed by atoms with Crippen molar-refractivity contribution in [1.82, 2.24) is 20.0 Å². The van der Waals surface area contributed by atoms with E-state index >= 15 is 4.39 Å². The smallest absolute Gasteiger partial charge is 0.298 e. The van der Waals surface area contributed by atoms with Crippen molar-refractivity contribution in [1.29, 1.82) is 0 Å². The molecular formula is C24H22F4N4O4. The molecule has 0 bridgehead atoms. The summed E-state index contributed by atoms with van der Waals surface area (Å²) in [5.74, 6) is -7.71. The highest BCUT2D eigenvalue weighted by Crippen LogP contribution is 2.32. The molecule has 2 amide bonds. The molecule has 2 aromatic carbocycles. The van der Waals surface area contributed by atoms with Crippen molar-refractivity contribution in [2.45, 2.75) is 18.9 Å². The van der Waals surface area contributed by atoms with E-state index in [0.717, 1.165) is 29.2 Å². The average molecular weight is 506 g/mol. The quantitative estimate of drug-likeness (QED) is 0.480. The van der Waals surface area contributed by atoms with Gasteiger partial charge in [0.1, 0.15) is 23.8 Å². The van der Waals surface area contributed by atoms with Crippen molar-refractivity contribution in [3.05, 3.63) is 92.9 Å². The summed E-state index contributed by atoms with van der Waals surface area (Å²) in [7, 11) is 2.85. The molecule has 12 heteroatoms. The van der Waals surface area contributed by atoms with Gasteiger partial charge in [0, 0.05) is 25.7 Å². The summed E-state index contributed by atoms with van der Waals surface area (Å²) in [6.45, 7) is -0.263. The fraction of sp³-hybridized carbons (Fsp3) is 0.250. The third-order valence-electron chi connectivity index (χ3n) is 5.31. The van der Waals surface area contributed by atoms with Crippen molar-refractivity contribution >= 4 is 11.8 Å². The van der Waals surface area contributed by atoms with Gasteiger partial charge in [-0.15, -0.1) is 0 Å². The maximum atomic E-state index is 15.1. The predicted molar refractivity (Wildman–Crippen MR) is 121 cm³/mol. The average Bonchev–Trinajstić information content (AvgIpc) is 2.84. The highest BCUT2D eigenvalue weighted by Gasteiger charge is 2.35. The molecule has 3 rings (SSSR count). The van der Waals surface area contributed by atoms with E-state index in [0.29, 0.717) is 4.68 Å². The van der Waals surface area contributed by atoms with Crippen LogP contribution in [0.1, 0.15) is 44.9 Å². The third-order valence-corrected chi connectivity index (χ3v) is 5.31. The Morgan fingerprint density at radius 3 is 2.39 bits per heavy atom. The summed E-state index contributed by atoms with van der Waals surface area (Å²) in [4.78, 5) is 38.5. The molecule has 0 radical (unpaired) electrons. The van der Waals surface area contributed by atoms with Crippen molar-refractivity contribution in [3.8, 4) is 5.69 Å². The molecule has 1 heterocycles. The van der Waals surface area contributed by atoms with Crippen LogP contribution < -0.4 is 10.9 Å². The van der Waals surface area contributed by atoms with Gasteiger partial charge in [-0.1, -0.05) is 18.2 Å². The molecule has 0 aliphatic carbocycles. The molecule has 0 spiro atoms. The highest BCUT2D eigenvalue weighted by molar-refractivity contribution is 5.95. The standard InChI is InChI=1S/C24H22F4N4O4/c1-13(14-6-4-8-16(20(14)25)24(27,28)12-33)29-22(35)17-10-11-19(34)32(30-17)18-9-5-7-15(21(18)26)23(36)31(2)3/h4-11,13,33H,12H2,1-3H3,(H,29,35)/t13-/m1/s1. The lowest BCUT2D eigenvalue weighted by Gasteiger charge is -2.20. The van der Waals surface area contributed by atoms with E-state index in [2.05, 4.69) is 10.4 Å². The molecule has 8 nitrogen and oxygen atoms in total. The van der Waals surface area contributed by atoms with E-state index in [-0.39, 0.29) is 22.5 Å². The van der Waals surface area contributed by atoms with E-state index in [1.54, 1.807) is 0 Å². The molecule has 36 heavy (non-hydrogen) atoms. The van der Waals surface area contributed by atoms with E-state index in [9.17, 15) is 27.6 Å². The van der Waals surface area contributed by atoms with Crippen LogP contribution in [-0.2, 0) is 5.92 Å². The number of carbonyl (C=O) groups excluding carboxylic acids is 2. The van der Waals surface area contributed by atoms with Gasteiger partial charge in [-0.25, -0.2) is 8.78 Å². The van der Waals surface area contributed by atoms with Crippen LogP contribution in [0.3, 0.4) is 0 Å². The number of carbonyl (C=O) groups is 2. The Morgan fingerprint density at radius 1 is 1.08 bits per heavy atom. The third kappa shape index (κ3) is 5.13. The molecule has 0 unspecified atom stereocenters. The van der Waals surface area contributed by atoms with Crippen LogP contribution in [0.25, 0.3) is 5.69 Å². The Labute approximate surface area is 202 Å². The normalized spacial score (nSPS) is 12.2. The molecule has 0 saturated heterocycles. The largest absolute Gasteiger partial charge is 0.390 e. The Balaban J connectivity index is 1.94. The van der Waals surface area contributed by atoms with E-state index < -0.39 is 53.1 Å². The molecule has 3 aromatic rings. The van der Waals surface area contributed by atoms with Crippen LogP contribution in [0.2, 0.25) is 0 Å². The monoisotopic (exact) mass is 506 g/mol. The van der Waals surface area contributed by atoms with Crippen molar-refractivity contribution < 1.29 is 32.3 Å². The topological polar surface area (TPSA) is 105 Å². The molecule has 0 fully saturated rings. The van der Waals surface area contributed by atoms with Gasteiger partial charge in [0.2, 0.25) is 0 Å². The summed E-state index contributed by atoms with van der Waals surface area (Å²) in [5.41, 5.74) is -3.15. The van der Waals surface area contributed by atoms with Gasteiger partial charge in [0.15, 0.2) is 5.82 Å². The minimum Gasteiger partial charge on any atom is -0.390 e. The van der Waals surface area contributed by atoms with E-state index in [1.807, 2.05) is 0 Å². The van der Waals surface area contributed by atoms with Crippen molar-refractivity contribution in [3.63, 3.8) is 0 Å². The van der Waals surface area contributed by atoms with Gasteiger partial charge in [-0.3, -0.25) is 14.4 Å². The Bertz CT molecular complexity index is 1370. The SMILES string of the molecule is C[C@@H](NC(=O)c1ccc(=O)n(-c2cccc(C(=O)N(C)C)c2F)n1)c1cccc(C(F)(F)CO)c1F. The second-order valence-electron chi connectivity index (χ2n) is 8.07. The van der Waals surface area contributed by atoms with Crippen LogP contribution in [0.4, 0.5) is 17.6 Å². The number of hydrogen-bond acceptors (Lipinski definition) is 5. The van der Waals surface area contributed by atoms with E-state index in [4.69, 9.17) is 5.11 Å². The zero-order valence-electron chi connectivity index (χ0n) is 19.4. The number of halogens is 4. The summed E-state index contributed by atoms with van der Waals surface area (Å²) in [5, 5.41) is 15.1. The van der Waals surface area contributed by atoms with Crippen LogP contribution in [0, 0.1) is 11.6 Å². The lowest BCUT2D eigenvalue weighted by atomic mass is 10.0. The summed E-state index contributed by atoms with van der Waals surface area (Å²) >= 11 is 0. The lowest BCUT2D eigenvalue weighted by Crippen LogP contribution is -2.32. The van der Waals surface area contributed by atoms with Gasteiger partial charge in [0.25, 0.3) is 23.3 Å². The number of nitrogens with zero attached hydrogens (tertiary/aromatic N) is 3. The van der Waals surface area contributed by atoms with Crippen molar-refractivity contribution in [2.75, 3.05) is 20.7 Å². The second-order valence-corrected chi connectivity index (χ2v) is 8.07. The maximum Gasteiger partial charge on any atom is 0.298 e. The second kappa shape index (κ2) is 10.3. The van der Waals surface area contributed by atoms with Crippen LogP contribution in [0.15, 0.2) is 53.3 Å². The Kier molecular flexibility index (Phi) is 7.58. The number of benzene rings is 2. The molecular weight excluding hydrogens is 484 g/mol. The molecule has 1 atom stereocenters. The molecule has 190 valence electrons. The lowest BCUT2D eigenvalue weighted by molar-refractivity contribution is -0.0584. The molecule has 1 aromatic heterocycles. The van der Waals surface area contributed by atoms with Crippen LogP contribution in [0.5, 0.6) is 0 Å². The number of aliphatic hydroxyl groups excluding tert-OH is 1. The minimum atomic E-state index is -3.83. The van der Waals surface area contributed by atoms with Gasteiger partial charge in [-0.05, 0) is 31.2 Å². The first kappa shape index (κ1) is 26.5. The number of alkyl halides is 2. The summed E-state index contributed by atoms with van der Waals surface area (Å²) in [6.07, 6.45) is 0. The maximum absolute atomic E-state index is 15.1. The number of nitrogens with one attached hydrogen (secondary N) is 1. The molecule has 0 aliphatic heterocycles. The number of amides is 2. The van der Waals surface area contributed by atoms with Gasteiger partial charge >= 0.3 is 0 Å². The Hall–Kier alpha value is -4.06. The van der Waals surface area contributed by atoms with Gasteiger partial charge < -0.3 is 15.3 Å². The first-order valence-electron chi connectivity index (χ1n) is 10.6. The number of rotatable bonds is 7. The van der Waals surface area contributed by atoms with Crippen molar-refractivity contribution in [2.24, 2.45) is 0 Å². The van der Waals surface area contributed by atoms with Gasteiger partial charge in [-0.2, -0.15) is 18.6 Å². The molecule has 0 aliphatic rings. The number of aliphatic hydroxyl groups is 1.